The van der Waals surface area contributed by atoms with Crippen LogP contribution in [-0.2, 0) is 0 Å². The van der Waals surface area contributed by atoms with Gasteiger partial charge in [0.15, 0.2) is 0 Å². The maximum Gasteiger partial charge on any atom is 0.128 e. The Morgan fingerprint density at radius 2 is 0.793 bits per heavy atom. The van der Waals surface area contributed by atoms with E-state index in [-0.39, 0.29) is 11.5 Å². The lowest BCUT2D eigenvalue weighted by atomic mass is 9.89. The van der Waals surface area contributed by atoms with Crippen molar-refractivity contribution in [3.63, 3.8) is 0 Å². The summed E-state index contributed by atoms with van der Waals surface area (Å²) in [6.45, 7) is 18.2. The van der Waals surface area contributed by atoms with Gasteiger partial charge in [0.1, 0.15) is 11.5 Å². The van der Waals surface area contributed by atoms with E-state index >= 15 is 0 Å². The number of hydrogen-bond donors (Lipinski definition) is 2. The molecule has 1 heterocycles. The zero-order valence-corrected chi connectivity index (χ0v) is 19.0. The minimum absolute atomic E-state index is 0.284. The van der Waals surface area contributed by atoms with E-state index in [2.05, 4.69) is 13.8 Å². The SMILES string of the molecule is Cc1cc(-c2c(C)c(C)c(C)c(C)c2O)nc(-c2c(C)c(C)c(C)c(C)c2O)c1. The quantitative estimate of drug-likeness (QED) is 0.519. The molecule has 0 spiro atoms. The van der Waals surface area contributed by atoms with E-state index in [9.17, 15) is 10.2 Å². The molecule has 3 heteroatoms. The minimum atomic E-state index is 0.284. The van der Waals surface area contributed by atoms with Gasteiger partial charge in [-0.15, -0.1) is 0 Å². The van der Waals surface area contributed by atoms with E-state index in [1.165, 1.54) is 11.1 Å². The number of aromatic hydroxyl groups is 2. The number of pyridine rings is 1. The summed E-state index contributed by atoms with van der Waals surface area (Å²) in [5.74, 6) is 0.568. The van der Waals surface area contributed by atoms with Crippen molar-refractivity contribution in [3.05, 3.63) is 62.2 Å². The van der Waals surface area contributed by atoms with E-state index < -0.39 is 0 Å². The summed E-state index contributed by atoms with van der Waals surface area (Å²) in [4.78, 5) is 4.92. The molecule has 0 atom stereocenters. The summed E-state index contributed by atoms with van der Waals surface area (Å²) in [5, 5.41) is 21.9. The van der Waals surface area contributed by atoms with Gasteiger partial charge in [0.25, 0.3) is 0 Å². The molecular weight excluding hydrogens is 358 g/mol. The monoisotopic (exact) mass is 389 g/mol. The number of aromatic nitrogens is 1. The lowest BCUT2D eigenvalue weighted by Crippen LogP contribution is -2.01. The number of rotatable bonds is 2. The lowest BCUT2D eigenvalue weighted by Gasteiger charge is -2.20. The van der Waals surface area contributed by atoms with Gasteiger partial charge >= 0.3 is 0 Å². The maximum atomic E-state index is 10.9. The molecule has 0 aliphatic heterocycles. The average molecular weight is 390 g/mol. The first-order chi connectivity index (χ1) is 13.5. The van der Waals surface area contributed by atoms with Crippen LogP contribution in [0.1, 0.15) is 50.1 Å². The third kappa shape index (κ3) is 3.19. The number of phenolic OH excluding ortho intramolecular Hbond substituents is 2. The molecule has 3 aromatic rings. The Balaban J connectivity index is 2.37. The summed E-state index contributed by atoms with van der Waals surface area (Å²) in [5.41, 5.74) is 12.4. The molecule has 0 aliphatic carbocycles. The molecule has 3 nitrogen and oxygen atoms in total. The number of benzene rings is 2. The van der Waals surface area contributed by atoms with Crippen LogP contribution in [0.25, 0.3) is 22.5 Å². The summed E-state index contributed by atoms with van der Waals surface area (Å²) < 4.78 is 0. The largest absolute Gasteiger partial charge is 0.507 e. The second-order valence-electron chi connectivity index (χ2n) is 8.36. The summed E-state index contributed by atoms with van der Waals surface area (Å²) in [6, 6.07) is 4.00. The number of nitrogens with zero attached hydrogens (tertiary/aromatic N) is 1. The van der Waals surface area contributed by atoms with Crippen LogP contribution in [-0.4, -0.2) is 15.2 Å². The average Bonchev–Trinajstić information content (AvgIpc) is 2.67. The lowest BCUT2D eigenvalue weighted by molar-refractivity contribution is 0.471. The van der Waals surface area contributed by atoms with E-state index in [1.54, 1.807) is 0 Å². The van der Waals surface area contributed by atoms with Crippen LogP contribution in [0.3, 0.4) is 0 Å². The number of hydrogen-bond acceptors (Lipinski definition) is 3. The van der Waals surface area contributed by atoms with Crippen LogP contribution < -0.4 is 0 Å². The van der Waals surface area contributed by atoms with Gasteiger partial charge in [-0.25, -0.2) is 4.98 Å². The molecule has 152 valence electrons. The van der Waals surface area contributed by atoms with Gasteiger partial charge < -0.3 is 10.2 Å². The Kier molecular flexibility index (Phi) is 5.20. The Labute approximate surface area is 174 Å². The fourth-order valence-corrected chi connectivity index (χ4v) is 4.14. The van der Waals surface area contributed by atoms with Crippen LogP contribution in [0.2, 0.25) is 0 Å². The van der Waals surface area contributed by atoms with E-state index in [0.717, 1.165) is 61.5 Å². The van der Waals surface area contributed by atoms with Crippen LogP contribution in [0.5, 0.6) is 11.5 Å². The molecule has 2 aromatic carbocycles. The first-order valence-electron chi connectivity index (χ1n) is 10.0. The second-order valence-corrected chi connectivity index (χ2v) is 8.36. The van der Waals surface area contributed by atoms with E-state index in [4.69, 9.17) is 4.98 Å². The standard InChI is InChI=1S/C26H31NO2/c1-12-10-21(23-17(6)13(2)15(4)19(8)25(23)28)27-22(11-12)24-18(7)14(3)16(5)20(9)26(24)29/h10-11,28-29H,1-9H3. The van der Waals surface area contributed by atoms with Crippen molar-refractivity contribution in [1.82, 2.24) is 4.98 Å². The fraction of sp³-hybridized carbons (Fsp3) is 0.346. The zero-order chi connectivity index (χ0) is 21.8. The summed E-state index contributed by atoms with van der Waals surface area (Å²) in [7, 11) is 0. The first kappa shape index (κ1) is 20.9. The highest BCUT2D eigenvalue weighted by atomic mass is 16.3. The molecule has 1 aromatic heterocycles. The van der Waals surface area contributed by atoms with Crippen LogP contribution in [0.15, 0.2) is 12.1 Å². The third-order valence-electron chi connectivity index (χ3n) is 6.79. The topological polar surface area (TPSA) is 53.4 Å². The molecule has 3 rings (SSSR count). The molecule has 0 radical (unpaired) electrons. The molecule has 0 fully saturated rings. The molecule has 0 unspecified atom stereocenters. The van der Waals surface area contributed by atoms with Gasteiger partial charge in [0.05, 0.1) is 11.4 Å². The van der Waals surface area contributed by atoms with Crippen LogP contribution in [0, 0.1) is 62.3 Å². The van der Waals surface area contributed by atoms with Crippen molar-refractivity contribution in [2.45, 2.75) is 62.3 Å². The highest BCUT2D eigenvalue weighted by molar-refractivity contribution is 5.80. The molecule has 0 amide bonds. The summed E-state index contributed by atoms with van der Waals surface area (Å²) in [6.07, 6.45) is 0. The van der Waals surface area contributed by atoms with Gasteiger partial charge in [-0.05, 0) is 125 Å². The van der Waals surface area contributed by atoms with Crippen molar-refractivity contribution in [2.24, 2.45) is 0 Å². The molecule has 2 N–H and O–H groups in total. The number of aryl methyl sites for hydroxylation is 1. The summed E-state index contributed by atoms with van der Waals surface area (Å²) >= 11 is 0. The smallest absolute Gasteiger partial charge is 0.128 e. The zero-order valence-electron chi connectivity index (χ0n) is 19.0. The Morgan fingerprint density at radius 1 is 0.483 bits per heavy atom. The molecule has 29 heavy (non-hydrogen) atoms. The molecule has 0 saturated carbocycles. The molecular formula is C26H31NO2. The van der Waals surface area contributed by atoms with Crippen molar-refractivity contribution >= 4 is 0 Å². The Bertz CT molecular complexity index is 1010. The van der Waals surface area contributed by atoms with Gasteiger partial charge in [-0.3, -0.25) is 0 Å². The fourth-order valence-electron chi connectivity index (χ4n) is 4.14. The van der Waals surface area contributed by atoms with Crippen LogP contribution in [0.4, 0.5) is 0 Å². The highest BCUT2D eigenvalue weighted by Crippen LogP contribution is 2.42. The molecule has 0 aliphatic rings. The van der Waals surface area contributed by atoms with Crippen molar-refractivity contribution in [1.29, 1.82) is 0 Å². The predicted molar refractivity (Wildman–Crippen MR) is 121 cm³/mol. The van der Waals surface area contributed by atoms with Gasteiger partial charge in [-0.2, -0.15) is 0 Å². The van der Waals surface area contributed by atoms with E-state index in [0.29, 0.717) is 0 Å². The van der Waals surface area contributed by atoms with Gasteiger partial charge in [0.2, 0.25) is 0 Å². The van der Waals surface area contributed by atoms with Crippen molar-refractivity contribution < 1.29 is 10.2 Å². The van der Waals surface area contributed by atoms with Gasteiger partial charge in [-0.1, -0.05) is 0 Å². The Morgan fingerprint density at radius 3 is 1.14 bits per heavy atom. The van der Waals surface area contributed by atoms with Crippen molar-refractivity contribution in [3.8, 4) is 34.0 Å². The Hall–Kier alpha value is -2.81. The van der Waals surface area contributed by atoms with Crippen molar-refractivity contribution in [2.75, 3.05) is 0 Å². The second kappa shape index (κ2) is 7.22. The first-order valence-corrected chi connectivity index (χ1v) is 10.0. The van der Waals surface area contributed by atoms with Gasteiger partial charge in [0, 0.05) is 11.1 Å². The normalized spacial score (nSPS) is 11.2. The minimum Gasteiger partial charge on any atom is -0.507 e. The molecule has 0 saturated heterocycles. The number of phenols is 2. The maximum absolute atomic E-state index is 10.9. The van der Waals surface area contributed by atoms with Crippen LogP contribution >= 0.6 is 0 Å². The third-order valence-corrected chi connectivity index (χ3v) is 6.79. The highest BCUT2D eigenvalue weighted by Gasteiger charge is 2.21. The molecule has 0 bridgehead atoms. The predicted octanol–water partition coefficient (Wildman–Crippen LogP) is 6.60. The van der Waals surface area contributed by atoms with E-state index in [1.807, 2.05) is 60.6 Å².